The average Bonchev–Trinajstić information content (AvgIpc) is 3.11. The van der Waals surface area contributed by atoms with E-state index in [1.54, 1.807) is 24.3 Å². The number of carbonyl (C=O) groups is 1. The number of anilines is 1. The van der Waals surface area contributed by atoms with Crippen molar-refractivity contribution in [2.45, 2.75) is 6.54 Å². The first-order valence-electron chi connectivity index (χ1n) is 8.17. The predicted molar refractivity (Wildman–Crippen MR) is 110 cm³/mol. The molecule has 0 bridgehead atoms. The number of aromatic nitrogens is 3. The van der Waals surface area contributed by atoms with Crippen molar-refractivity contribution in [3.05, 3.63) is 75.5 Å². The molecule has 0 radical (unpaired) electrons. The van der Waals surface area contributed by atoms with E-state index < -0.39 is 0 Å². The van der Waals surface area contributed by atoms with Crippen molar-refractivity contribution < 1.29 is 9.18 Å². The van der Waals surface area contributed by atoms with Gasteiger partial charge in [-0.15, -0.1) is 0 Å². The van der Waals surface area contributed by atoms with E-state index in [4.69, 9.17) is 0 Å². The number of hydrogen-bond donors (Lipinski definition) is 1. The van der Waals surface area contributed by atoms with Crippen LogP contribution in [-0.4, -0.2) is 19.8 Å². The second kappa shape index (κ2) is 7.61. The fourth-order valence-electron chi connectivity index (χ4n) is 2.65. The molecular formula is C19H12BrFN4O2S. The average molecular weight is 459 g/mol. The Balaban J connectivity index is 1.60. The number of fused-ring (bicyclic) bond motifs is 1. The molecule has 2 aromatic heterocycles. The standard InChI is InChI=1S/C19H12BrFN4O2S/c20-12-3-7-14(8-4-12)23-15(26)9-25-10-22-17-16(24-28-18(17)19(25)27)11-1-5-13(21)6-2-11/h1-8,10H,9H2,(H,23,26). The van der Waals surface area contributed by atoms with E-state index in [-0.39, 0.29) is 23.8 Å². The summed E-state index contributed by atoms with van der Waals surface area (Å²) >= 11 is 4.34. The lowest BCUT2D eigenvalue weighted by atomic mass is 10.1. The summed E-state index contributed by atoms with van der Waals surface area (Å²) in [5.41, 5.74) is 1.91. The van der Waals surface area contributed by atoms with Crippen LogP contribution in [0.1, 0.15) is 0 Å². The molecule has 2 heterocycles. The van der Waals surface area contributed by atoms with Gasteiger partial charge in [-0.3, -0.25) is 14.2 Å². The highest BCUT2D eigenvalue weighted by Crippen LogP contribution is 2.27. The smallest absolute Gasteiger partial charge is 0.273 e. The van der Waals surface area contributed by atoms with Crippen LogP contribution in [0.15, 0.2) is 64.1 Å². The maximum atomic E-state index is 13.1. The highest BCUT2D eigenvalue weighted by atomic mass is 79.9. The third-order valence-corrected chi connectivity index (χ3v) is 5.36. The van der Waals surface area contributed by atoms with E-state index in [2.05, 4.69) is 30.6 Å². The number of nitrogens with zero attached hydrogens (tertiary/aromatic N) is 3. The van der Waals surface area contributed by atoms with Crippen LogP contribution in [0.2, 0.25) is 0 Å². The molecule has 140 valence electrons. The number of amides is 1. The monoisotopic (exact) mass is 458 g/mol. The van der Waals surface area contributed by atoms with Gasteiger partial charge in [-0.2, -0.15) is 4.37 Å². The number of rotatable bonds is 4. The molecule has 0 saturated heterocycles. The van der Waals surface area contributed by atoms with E-state index in [9.17, 15) is 14.0 Å². The first kappa shape index (κ1) is 18.5. The quantitative estimate of drug-likeness (QED) is 0.500. The number of carbonyl (C=O) groups excluding carboxylic acids is 1. The maximum absolute atomic E-state index is 13.1. The van der Waals surface area contributed by atoms with Gasteiger partial charge in [0.15, 0.2) is 0 Å². The molecule has 1 amide bonds. The predicted octanol–water partition coefficient (Wildman–Crippen LogP) is 4.06. The molecule has 0 spiro atoms. The summed E-state index contributed by atoms with van der Waals surface area (Å²) in [5.74, 6) is -0.691. The van der Waals surface area contributed by atoms with Crippen LogP contribution in [0.25, 0.3) is 21.5 Å². The van der Waals surface area contributed by atoms with Gasteiger partial charge in [-0.05, 0) is 60.1 Å². The van der Waals surface area contributed by atoms with Crippen LogP contribution in [0.5, 0.6) is 0 Å². The van der Waals surface area contributed by atoms with E-state index in [0.717, 1.165) is 16.0 Å². The number of halogens is 2. The molecule has 4 rings (SSSR count). The van der Waals surface area contributed by atoms with Crippen LogP contribution < -0.4 is 10.9 Å². The molecule has 0 fully saturated rings. The first-order valence-corrected chi connectivity index (χ1v) is 9.74. The summed E-state index contributed by atoms with van der Waals surface area (Å²) in [7, 11) is 0. The zero-order valence-electron chi connectivity index (χ0n) is 14.2. The number of benzene rings is 2. The summed E-state index contributed by atoms with van der Waals surface area (Å²) in [4.78, 5) is 29.3. The SMILES string of the molecule is O=C(Cn1cnc2c(-c3ccc(F)cc3)nsc2c1=O)Nc1ccc(Br)cc1. The molecule has 0 aliphatic rings. The molecule has 0 saturated carbocycles. The van der Waals surface area contributed by atoms with Gasteiger partial charge < -0.3 is 5.32 Å². The maximum Gasteiger partial charge on any atom is 0.273 e. The van der Waals surface area contributed by atoms with E-state index in [1.165, 1.54) is 23.0 Å². The molecule has 0 aliphatic heterocycles. The molecule has 0 aliphatic carbocycles. The fraction of sp³-hybridized carbons (Fsp3) is 0.0526. The Kier molecular flexibility index (Phi) is 5.01. The summed E-state index contributed by atoms with van der Waals surface area (Å²) in [6.07, 6.45) is 1.33. The summed E-state index contributed by atoms with van der Waals surface area (Å²) in [5, 5.41) is 2.73. The van der Waals surface area contributed by atoms with Gasteiger partial charge in [0, 0.05) is 15.7 Å². The molecule has 0 atom stereocenters. The fourth-order valence-corrected chi connectivity index (χ4v) is 3.72. The summed E-state index contributed by atoms with van der Waals surface area (Å²) in [6, 6.07) is 13.0. The highest BCUT2D eigenvalue weighted by molar-refractivity contribution is 9.10. The van der Waals surface area contributed by atoms with Crippen molar-refractivity contribution in [2.75, 3.05) is 5.32 Å². The van der Waals surface area contributed by atoms with Crippen molar-refractivity contribution >= 4 is 49.3 Å². The van der Waals surface area contributed by atoms with E-state index in [0.29, 0.717) is 27.2 Å². The van der Waals surface area contributed by atoms with Gasteiger partial charge in [0.05, 0.1) is 6.33 Å². The molecular weight excluding hydrogens is 447 g/mol. The van der Waals surface area contributed by atoms with Crippen LogP contribution in [0, 0.1) is 5.82 Å². The molecule has 0 unspecified atom stereocenters. The third-order valence-electron chi connectivity index (χ3n) is 4.01. The second-order valence-corrected chi connectivity index (χ2v) is 7.64. The normalized spacial score (nSPS) is 10.9. The Hall–Kier alpha value is -2.91. The van der Waals surface area contributed by atoms with Gasteiger partial charge in [0.1, 0.15) is 28.3 Å². The molecule has 28 heavy (non-hydrogen) atoms. The zero-order valence-corrected chi connectivity index (χ0v) is 16.6. The molecule has 1 N–H and O–H groups in total. The van der Waals surface area contributed by atoms with Gasteiger partial charge in [-0.25, -0.2) is 9.37 Å². The van der Waals surface area contributed by atoms with E-state index >= 15 is 0 Å². The summed E-state index contributed by atoms with van der Waals surface area (Å²) in [6.45, 7) is -0.165. The highest BCUT2D eigenvalue weighted by Gasteiger charge is 2.15. The Morgan fingerprint density at radius 2 is 1.86 bits per heavy atom. The van der Waals surface area contributed by atoms with Crippen molar-refractivity contribution in [1.82, 2.24) is 13.9 Å². The molecule has 9 heteroatoms. The first-order chi connectivity index (χ1) is 13.5. The third kappa shape index (κ3) is 3.71. The Morgan fingerprint density at radius 3 is 2.57 bits per heavy atom. The Bertz CT molecular complexity index is 1220. The van der Waals surface area contributed by atoms with E-state index in [1.807, 2.05) is 12.1 Å². The largest absolute Gasteiger partial charge is 0.325 e. The van der Waals surface area contributed by atoms with Crippen molar-refractivity contribution in [3.8, 4) is 11.3 Å². The summed E-state index contributed by atoms with van der Waals surface area (Å²) < 4.78 is 19.9. The topological polar surface area (TPSA) is 76.9 Å². The van der Waals surface area contributed by atoms with Crippen molar-refractivity contribution in [3.63, 3.8) is 0 Å². The molecule has 2 aromatic carbocycles. The van der Waals surface area contributed by atoms with Gasteiger partial charge in [0.2, 0.25) is 5.91 Å². The molecule has 4 aromatic rings. The van der Waals surface area contributed by atoms with Crippen LogP contribution in [-0.2, 0) is 11.3 Å². The van der Waals surface area contributed by atoms with Crippen LogP contribution >= 0.6 is 27.5 Å². The number of hydrogen-bond acceptors (Lipinski definition) is 5. The van der Waals surface area contributed by atoms with Crippen LogP contribution in [0.4, 0.5) is 10.1 Å². The van der Waals surface area contributed by atoms with Gasteiger partial charge in [0.25, 0.3) is 5.56 Å². The Labute approximate surface area is 171 Å². The second-order valence-electron chi connectivity index (χ2n) is 5.95. The minimum absolute atomic E-state index is 0.165. The minimum atomic E-state index is -0.351. The van der Waals surface area contributed by atoms with Crippen molar-refractivity contribution in [1.29, 1.82) is 0 Å². The zero-order chi connectivity index (χ0) is 19.7. The lowest BCUT2D eigenvalue weighted by Crippen LogP contribution is -2.27. The van der Waals surface area contributed by atoms with Crippen molar-refractivity contribution in [2.24, 2.45) is 0 Å². The lowest BCUT2D eigenvalue weighted by molar-refractivity contribution is -0.116. The minimum Gasteiger partial charge on any atom is -0.325 e. The number of nitrogens with one attached hydrogen (secondary N) is 1. The molecule has 6 nitrogen and oxygen atoms in total. The Morgan fingerprint density at radius 1 is 1.14 bits per heavy atom. The van der Waals surface area contributed by atoms with Gasteiger partial charge >= 0.3 is 0 Å². The van der Waals surface area contributed by atoms with Gasteiger partial charge in [-0.1, -0.05) is 15.9 Å². The lowest BCUT2D eigenvalue weighted by Gasteiger charge is -2.07. The van der Waals surface area contributed by atoms with Crippen LogP contribution in [0.3, 0.4) is 0 Å².